The maximum atomic E-state index is 9.57. The molecule has 100 valence electrons. The fourth-order valence-electron chi connectivity index (χ4n) is 1.83. The Hall–Kier alpha value is -1.46. The van der Waals surface area contributed by atoms with Crippen LogP contribution in [0.5, 0.6) is 5.75 Å². The molecule has 1 heterocycles. The van der Waals surface area contributed by atoms with E-state index in [0.717, 1.165) is 27.0 Å². The largest absolute Gasteiger partial charge is 0.496 e. The summed E-state index contributed by atoms with van der Waals surface area (Å²) in [7, 11) is 1.62. The highest BCUT2D eigenvalue weighted by molar-refractivity contribution is 9.10. The Morgan fingerprint density at radius 2 is 2.11 bits per heavy atom. The number of methoxy groups -OCH3 is 1. The van der Waals surface area contributed by atoms with Gasteiger partial charge >= 0.3 is 0 Å². The highest BCUT2D eigenvalue weighted by Gasteiger charge is 2.10. The first kappa shape index (κ1) is 14.0. The first-order chi connectivity index (χ1) is 9.02. The number of aromatic nitrogens is 2. The van der Waals surface area contributed by atoms with Crippen LogP contribution in [0, 0.1) is 6.92 Å². The summed E-state index contributed by atoms with van der Waals surface area (Å²) in [6, 6.07) is 5.68. The molecule has 2 rings (SSSR count). The number of hydrogen-bond donors (Lipinski definition) is 1. The van der Waals surface area contributed by atoms with Crippen molar-refractivity contribution < 1.29 is 9.84 Å². The van der Waals surface area contributed by atoms with E-state index in [0.29, 0.717) is 5.82 Å². The van der Waals surface area contributed by atoms with Gasteiger partial charge in [-0.2, -0.15) is 0 Å². The Balaban J connectivity index is 2.42. The maximum Gasteiger partial charge on any atom is 0.159 e. The minimum Gasteiger partial charge on any atom is -0.496 e. The molecule has 2 aromatic rings. The molecule has 1 unspecified atom stereocenters. The SMILES string of the molecule is COc1ccc(-c2ncc(C(C)O)c(C)n2)cc1Br. The fourth-order valence-corrected chi connectivity index (χ4v) is 2.37. The maximum absolute atomic E-state index is 9.57. The van der Waals surface area contributed by atoms with Gasteiger partial charge < -0.3 is 9.84 Å². The lowest BCUT2D eigenvalue weighted by molar-refractivity contribution is 0.197. The van der Waals surface area contributed by atoms with Crippen LogP contribution in [0.25, 0.3) is 11.4 Å². The summed E-state index contributed by atoms with van der Waals surface area (Å²) in [5.41, 5.74) is 2.43. The molecule has 1 aromatic carbocycles. The van der Waals surface area contributed by atoms with Gasteiger partial charge in [0.15, 0.2) is 5.82 Å². The number of aliphatic hydroxyl groups is 1. The lowest BCUT2D eigenvalue weighted by Gasteiger charge is -2.10. The van der Waals surface area contributed by atoms with Gasteiger partial charge in [-0.3, -0.25) is 0 Å². The summed E-state index contributed by atoms with van der Waals surface area (Å²) >= 11 is 3.44. The molecule has 1 N–H and O–H groups in total. The average molecular weight is 323 g/mol. The van der Waals surface area contributed by atoms with Gasteiger partial charge in [-0.25, -0.2) is 9.97 Å². The Kier molecular flexibility index (Phi) is 4.17. The van der Waals surface area contributed by atoms with E-state index in [-0.39, 0.29) is 0 Å². The fraction of sp³-hybridized carbons (Fsp3) is 0.286. The lowest BCUT2D eigenvalue weighted by atomic mass is 10.1. The minimum atomic E-state index is -0.559. The third-order valence-electron chi connectivity index (χ3n) is 2.88. The highest BCUT2D eigenvalue weighted by Crippen LogP contribution is 2.29. The van der Waals surface area contributed by atoms with E-state index in [4.69, 9.17) is 4.74 Å². The van der Waals surface area contributed by atoms with Crippen molar-refractivity contribution in [2.45, 2.75) is 20.0 Å². The highest BCUT2D eigenvalue weighted by atomic mass is 79.9. The monoisotopic (exact) mass is 322 g/mol. The topological polar surface area (TPSA) is 55.2 Å². The summed E-state index contributed by atoms with van der Waals surface area (Å²) in [5.74, 6) is 1.39. The zero-order valence-electron chi connectivity index (χ0n) is 11.0. The molecule has 0 amide bonds. The van der Waals surface area contributed by atoms with Gasteiger partial charge in [0.1, 0.15) is 5.75 Å². The van der Waals surface area contributed by atoms with E-state index >= 15 is 0 Å². The standard InChI is InChI=1S/C14H15BrN2O2/c1-8-11(9(2)18)7-16-14(17-8)10-4-5-13(19-3)12(15)6-10/h4-7,9,18H,1-3H3. The summed E-state index contributed by atoms with van der Waals surface area (Å²) < 4.78 is 6.04. The van der Waals surface area contributed by atoms with Crippen LogP contribution in [0.3, 0.4) is 0 Å². The Labute approximate surface area is 120 Å². The number of hydrogen-bond acceptors (Lipinski definition) is 4. The molecule has 0 aliphatic carbocycles. The molecule has 0 fully saturated rings. The Bertz CT molecular complexity index is 600. The van der Waals surface area contributed by atoms with Crippen LogP contribution in [0.4, 0.5) is 0 Å². The smallest absolute Gasteiger partial charge is 0.159 e. The second-order valence-electron chi connectivity index (χ2n) is 4.26. The first-order valence-corrected chi connectivity index (χ1v) is 6.67. The zero-order valence-corrected chi connectivity index (χ0v) is 12.6. The normalized spacial score (nSPS) is 12.3. The molecule has 4 nitrogen and oxygen atoms in total. The van der Waals surface area contributed by atoms with Crippen LogP contribution in [0.1, 0.15) is 24.3 Å². The molecule has 0 saturated carbocycles. The predicted octanol–water partition coefficient (Wildman–Crippen LogP) is 3.28. The number of ether oxygens (including phenoxy) is 1. The van der Waals surface area contributed by atoms with E-state index in [2.05, 4.69) is 25.9 Å². The van der Waals surface area contributed by atoms with Crippen molar-refractivity contribution in [3.05, 3.63) is 40.1 Å². The van der Waals surface area contributed by atoms with Crippen molar-refractivity contribution in [2.75, 3.05) is 7.11 Å². The van der Waals surface area contributed by atoms with Crippen LogP contribution in [0.15, 0.2) is 28.9 Å². The van der Waals surface area contributed by atoms with Gasteiger partial charge in [-0.15, -0.1) is 0 Å². The van der Waals surface area contributed by atoms with Crippen LogP contribution in [0.2, 0.25) is 0 Å². The molecule has 0 bridgehead atoms. The predicted molar refractivity (Wildman–Crippen MR) is 77.1 cm³/mol. The van der Waals surface area contributed by atoms with Crippen molar-refractivity contribution in [3.8, 4) is 17.1 Å². The molecular formula is C14H15BrN2O2. The van der Waals surface area contributed by atoms with Gasteiger partial charge in [0.25, 0.3) is 0 Å². The molecule has 0 aliphatic rings. The molecule has 19 heavy (non-hydrogen) atoms. The number of halogens is 1. The van der Waals surface area contributed by atoms with Crippen molar-refractivity contribution in [1.82, 2.24) is 9.97 Å². The molecular weight excluding hydrogens is 308 g/mol. The van der Waals surface area contributed by atoms with Gasteiger partial charge in [0.2, 0.25) is 0 Å². The van der Waals surface area contributed by atoms with Crippen LogP contribution in [-0.2, 0) is 0 Å². The van der Waals surface area contributed by atoms with Crippen LogP contribution in [-0.4, -0.2) is 22.2 Å². The Morgan fingerprint density at radius 1 is 1.37 bits per heavy atom. The van der Waals surface area contributed by atoms with E-state index in [9.17, 15) is 5.11 Å². The van der Waals surface area contributed by atoms with Crippen molar-refractivity contribution in [1.29, 1.82) is 0 Å². The zero-order chi connectivity index (χ0) is 14.0. The number of rotatable bonds is 3. The van der Waals surface area contributed by atoms with E-state index in [1.807, 2.05) is 25.1 Å². The molecule has 0 saturated heterocycles. The summed E-state index contributed by atoms with van der Waals surface area (Å²) in [6.07, 6.45) is 1.11. The second kappa shape index (κ2) is 5.67. The molecule has 0 radical (unpaired) electrons. The Morgan fingerprint density at radius 3 is 2.63 bits per heavy atom. The number of aryl methyl sites for hydroxylation is 1. The van der Waals surface area contributed by atoms with Crippen LogP contribution >= 0.6 is 15.9 Å². The van der Waals surface area contributed by atoms with E-state index in [1.54, 1.807) is 20.2 Å². The number of aliphatic hydroxyl groups excluding tert-OH is 1. The first-order valence-electron chi connectivity index (χ1n) is 5.88. The molecule has 5 heteroatoms. The van der Waals surface area contributed by atoms with Gasteiger partial charge in [0, 0.05) is 23.0 Å². The average Bonchev–Trinajstić information content (AvgIpc) is 2.38. The molecule has 1 atom stereocenters. The number of nitrogens with zero attached hydrogens (tertiary/aromatic N) is 2. The third-order valence-corrected chi connectivity index (χ3v) is 3.50. The van der Waals surface area contributed by atoms with E-state index < -0.39 is 6.10 Å². The summed E-state index contributed by atoms with van der Waals surface area (Å²) in [5, 5.41) is 9.57. The molecule has 0 aliphatic heterocycles. The number of benzene rings is 1. The van der Waals surface area contributed by atoms with E-state index in [1.165, 1.54) is 0 Å². The van der Waals surface area contributed by atoms with Gasteiger partial charge in [0.05, 0.1) is 17.7 Å². The molecule has 0 spiro atoms. The molecule has 1 aromatic heterocycles. The van der Waals surface area contributed by atoms with Crippen molar-refractivity contribution in [3.63, 3.8) is 0 Å². The summed E-state index contributed by atoms with van der Waals surface area (Å²) in [4.78, 5) is 8.72. The third kappa shape index (κ3) is 2.93. The lowest BCUT2D eigenvalue weighted by Crippen LogP contribution is -2.01. The quantitative estimate of drug-likeness (QED) is 0.942. The van der Waals surface area contributed by atoms with Crippen molar-refractivity contribution in [2.24, 2.45) is 0 Å². The van der Waals surface area contributed by atoms with Gasteiger partial charge in [-0.1, -0.05) is 0 Å². The second-order valence-corrected chi connectivity index (χ2v) is 5.11. The van der Waals surface area contributed by atoms with Crippen molar-refractivity contribution >= 4 is 15.9 Å². The van der Waals surface area contributed by atoms with Crippen LogP contribution < -0.4 is 4.74 Å². The summed E-state index contributed by atoms with van der Waals surface area (Å²) in [6.45, 7) is 3.57. The van der Waals surface area contributed by atoms with Gasteiger partial charge in [-0.05, 0) is 48.0 Å². The minimum absolute atomic E-state index is 0.559.